The van der Waals surface area contributed by atoms with Gasteiger partial charge in [-0.2, -0.15) is 0 Å². The summed E-state index contributed by atoms with van der Waals surface area (Å²) < 4.78 is 49.6. The van der Waals surface area contributed by atoms with E-state index in [2.05, 4.69) is 0 Å². The fraction of sp³-hybridized carbons (Fsp3) is 0.500. The van der Waals surface area contributed by atoms with Crippen LogP contribution in [-0.4, -0.2) is 29.0 Å². The lowest BCUT2D eigenvalue weighted by molar-refractivity contribution is -0.186. The Bertz CT molecular complexity index is 397. The van der Waals surface area contributed by atoms with Crippen molar-refractivity contribution in [2.75, 3.05) is 13.2 Å². The number of hydrogen-bond acceptors (Lipinski definition) is 2. The first-order valence-corrected chi connectivity index (χ1v) is 6.88. The van der Waals surface area contributed by atoms with Crippen LogP contribution >= 0.6 is 0 Å². The lowest BCUT2D eigenvalue weighted by Gasteiger charge is -2.27. The maximum Gasteiger partial charge on any atom is 0.194 e. The van der Waals surface area contributed by atoms with Crippen LogP contribution < -0.4 is 5.19 Å². The molecule has 0 N–H and O–H groups in total. The van der Waals surface area contributed by atoms with Gasteiger partial charge in [0.25, 0.3) is 0 Å². The van der Waals surface area contributed by atoms with Crippen molar-refractivity contribution in [2.24, 2.45) is 5.92 Å². The maximum atomic E-state index is 13.0. The molecule has 1 aliphatic heterocycles. The Balaban J connectivity index is 1.90. The first-order chi connectivity index (χ1) is 8.56. The molecule has 0 aliphatic carbocycles. The molecule has 2 nitrogen and oxygen atoms in total. The summed E-state index contributed by atoms with van der Waals surface area (Å²) in [7, 11) is 0.120. The highest BCUT2D eigenvalue weighted by Crippen LogP contribution is 2.13. The summed E-state index contributed by atoms with van der Waals surface area (Å²) >= 11 is 0. The quantitative estimate of drug-likeness (QED) is 0.619. The normalized spacial score (nSPS) is 24.2. The van der Waals surface area contributed by atoms with Crippen molar-refractivity contribution >= 4 is 14.7 Å². The topological polar surface area (TPSA) is 18.5 Å². The molecule has 0 aromatic heterocycles. The van der Waals surface area contributed by atoms with Gasteiger partial charge in [-0.3, -0.25) is 0 Å². The Hall–Kier alpha value is -0.853. The van der Waals surface area contributed by atoms with E-state index in [0.29, 0.717) is 30.4 Å². The molecule has 98 valence electrons. The van der Waals surface area contributed by atoms with E-state index in [1.807, 2.05) is 6.92 Å². The predicted molar refractivity (Wildman–Crippen MR) is 61.4 cm³/mol. The first-order valence-electron chi connectivity index (χ1n) is 5.68. The molecule has 0 spiro atoms. The number of rotatable bonds is 3. The largest absolute Gasteiger partial charge is 0.353 e. The van der Waals surface area contributed by atoms with Crippen LogP contribution in [0.4, 0.5) is 13.2 Å². The number of benzene rings is 1. The van der Waals surface area contributed by atoms with E-state index in [9.17, 15) is 13.2 Å². The predicted octanol–water partition coefficient (Wildman–Crippen LogP) is 1.86. The van der Waals surface area contributed by atoms with Crippen molar-refractivity contribution in [3.8, 4) is 0 Å². The van der Waals surface area contributed by atoms with E-state index in [1.54, 1.807) is 0 Å². The van der Waals surface area contributed by atoms with Crippen LogP contribution in [0.5, 0.6) is 0 Å². The summed E-state index contributed by atoms with van der Waals surface area (Å²) in [5.41, 5.74) is 0. The van der Waals surface area contributed by atoms with Gasteiger partial charge < -0.3 is 9.47 Å². The third kappa shape index (κ3) is 3.34. The summed E-state index contributed by atoms with van der Waals surface area (Å²) in [6, 6.07) is 2.56. The van der Waals surface area contributed by atoms with Gasteiger partial charge in [0.15, 0.2) is 23.7 Å². The van der Waals surface area contributed by atoms with E-state index < -0.39 is 17.5 Å². The van der Waals surface area contributed by atoms with Crippen LogP contribution in [0.2, 0.25) is 6.04 Å². The second kappa shape index (κ2) is 5.86. The number of ether oxygens (including phenoxy) is 2. The molecular formula is C12H13F3O2Si. The van der Waals surface area contributed by atoms with Gasteiger partial charge in [-0.15, -0.1) is 0 Å². The molecule has 0 bridgehead atoms. The number of hydrogen-bond donors (Lipinski definition) is 0. The van der Waals surface area contributed by atoms with Crippen molar-refractivity contribution in [2.45, 2.75) is 19.3 Å². The average Bonchev–Trinajstić information content (AvgIpc) is 2.35. The third-order valence-electron chi connectivity index (χ3n) is 2.59. The van der Waals surface area contributed by atoms with Crippen LogP contribution in [0.15, 0.2) is 12.1 Å². The van der Waals surface area contributed by atoms with Gasteiger partial charge >= 0.3 is 0 Å². The minimum atomic E-state index is -1.43. The van der Waals surface area contributed by atoms with Crippen molar-refractivity contribution in [3.63, 3.8) is 0 Å². The molecule has 2 radical (unpaired) electrons. The summed E-state index contributed by atoms with van der Waals surface area (Å²) in [4.78, 5) is 0. The van der Waals surface area contributed by atoms with E-state index in [-0.39, 0.29) is 15.8 Å². The van der Waals surface area contributed by atoms with Gasteiger partial charge in [0.1, 0.15) is 0 Å². The highest BCUT2D eigenvalue weighted by molar-refractivity contribution is 6.53. The van der Waals surface area contributed by atoms with E-state index >= 15 is 0 Å². The van der Waals surface area contributed by atoms with Crippen molar-refractivity contribution in [1.82, 2.24) is 0 Å². The zero-order chi connectivity index (χ0) is 13.1. The lowest BCUT2D eigenvalue weighted by Crippen LogP contribution is -2.33. The molecule has 1 aromatic rings. The molecule has 0 unspecified atom stereocenters. The molecule has 0 amide bonds. The fourth-order valence-electron chi connectivity index (χ4n) is 1.62. The van der Waals surface area contributed by atoms with Crippen LogP contribution in [0, 0.1) is 23.4 Å². The van der Waals surface area contributed by atoms with Gasteiger partial charge in [-0.1, -0.05) is 12.1 Å². The SMILES string of the molecule is CC1COC(C[Si]c2cc(F)c(F)c(F)c2)OC1. The van der Waals surface area contributed by atoms with E-state index in [1.165, 1.54) is 0 Å². The third-order valence-corrected chi connectivity index (χ3v) is 3.82. The highest BCUT2D eigenvalue weighted by Gasteiger charge is 2.20. The van der Waals surface area contributed by atoms with Crippen LogP contribution in [-0.2, 0) is 9.47 Å². The molecule has 1 fully saturated rings. The minimum absolute atomic E-state index is 0.120. The molecule has 6 heteroatoms. The van der Waals surface area contributed by atoms with Gasteiger partial charge in [0.2, 0.25) is 0 Å². The molecule has 2 rings (SSSR count). The monoisotopic (exact) mass is 274 g/mol. The second-order valence-electron chi connectivity index (χ2n) is 4.34. The van der Waals surface area contributed by atoms with Crippen LogP contribution in [0.1, 0.15) is 6.92 Å². The van der Waals surface area contributed by atoms with Gasteiger partial charge in [0, 0.05) is 5.92 Å². The molecular weight excluding hydrogens is 261 g/mol. The van der Waals surface area contributed by atoms with Crippen molar-refractivity contribution < 1.29 is 22.6 Å². The molecule has 1 aromatic carbocycles. The lowest BCUT2D eigenvalue weighted by atomic mass is 10.2. The Kier molecular flexibility index (Phi) is 4.42. The molecule has 1 saturated heterocycles. The molecule has 1 aliphatic rings. The van der Waals surface area contributed by atoms with Gasteiger partial charge in [-0.25, -0.2) is 13.2 Å². The maximum absolute atomic E-state index is 13.0. The summed E-state index contributed by atoms with van der Waals surface area (Å²) in [5.74, 6) is -3.37. The molecule has 18 heavy (non-hydrogen) atoms. The number of halogens is 3. The van der Waals surface area contributed by atoms with Gasteiger partial charge in [-0.05, 0) is 18.2 Å². The Morgan fingerprint density at radius 3 is 2.28 bits per heavy atom. The van der Waals surface area contributed by atoms with Crippen molar-refractivity contribution in [3.05, 3.63) is 29.6 Å². The Morgan fingerprint density at radius 2 is 1.72 bits per heavy atom. The smallest absolute Gasteiger partial charge is 0.194 e. The highest BCUT2D eigenvalue weighted by atomic mass is 28.2. The molecule has 0 saturated carbocycles. The van der Waals surface area contributed by atoms with Crippen LogP contribution in [0.25, 0.3) is 0 Å². The molecule has 0 atom stereocenters. The van der Waals surface area contributed by atoms with Crippen molar-refractivity contribution in [1.29, 1.82) is 0 Å². The molecule has 1 heterocycles. The Morgan fingerprint density at radius 1 is 1.17 bits per heavy atom. The van der Waals surface area contributed by atoms with Crippen LogP contribution in [0.3, 0.4) is 0 Å². The summed E-state index contributed by atoms with van der Waals surface area (Å²) in [6.07, 6.45) is -0.337. The Labute approximate surface area is 106 Å². The zero-order valence-electron chi connectivity index (χ0n) is 9.88. The summed E-state index contributed by atoms with van der Waals surface area (Å²) in [6.45, 7) is 3.27. The second-order valence-corrected chi connectivity index (χ2v) is 5.68. The van der Waals surface area contributed by atoms with E-state index in [0.717, 1.165) is 12.1 Å². The summed E-state index contributed by atoms with van der Waals surface area (Å²) in [5, 5.41) is 0.428. The minimum Gasteiger partial charge on any atom is -0.353 e. The first kappa shape index (κ1) is 13.6. The fourth-order valence-corrected chi connectivity index (χ4v) is 2.71. The van der Waals surface area contributed by atoms with Gasteiger partial charge in [0.05, 0.1) is 22.7 Å². The standard InChI is InChI=1S/C12H13F3O2Si/c1-7-4-16-11(17-5-7)6-18-8-2-9(13)12(15)10(14)3-8/h2-3,7,11H,4-6H2,1H3. The average molecular weight is 274 g/mol. The van der Waals surface area contributed by atoms with E-state index in [4.69, 9.17) is 9.47 Å². The zero-order valence-corrected chi connectivity index (χ0v) is 10.9.